The van der Waals surface area contributed by atoms with Crippen molar-refractivity contribution in [2.24, 2.45) is 5.41 Å². The highest BCUT2D eigenvalue weighted by Gasteiger charge is 2.46. The number of thiophene rings is 1. The number of amides is 1. The van der Waals surface area contributed by atoms with Crippen LogP contribution in [0.15, 0.2) is 17.5 Å². The standard InChI is InChI=1S/C21H35N3O2S/c1-22-12-15-26-17-19(25)24-13-10-20(11-14-24)6-8-21(9-7-20,23(2)3)18-5-4-16-27-18/h4-5,16,22H,6-15,17H2,1-3H3. The van der Waals surface area contributed by atoms with E-state index < -0.39 is 0 Å². The van der Waals surface area contributed by atoms with Crippen molar-refractivity contribution in [2.45, 2.75) is 44.1 Å². The number of hydrogen-bond acceptors (Lipinski definition) is 5. The van der Waals surface area contributed by atoms with Crippen molar-refractivity contribution in [1.82, 2.24) is 15.1 Å². The second kappa shape index (κ2) is 9.03. The van der Waals surface area contributed by atoms with Gasteiger partial charge >= 0.3 is 0 Å². The number of likely N-dealkylation sites (tertiary alicyclic amines) is 1. The Hall–Kier alpha value is -0.950. The van der Waals surface area contributed by atoms with E-state index >= 15 is 0 Å². The third-order valence-electron chi connectivity index (χ3n) is 6.87. The number of nitrogens with one attached hydrogen (secondary N) is 1. The maximum Gasteiger partial charge on any atom is 0.248 e. The summed E-state index contributed by atoms with van der Waals surface area (Å²) in [6.45, 7) is 3.38. The summed E-state index contributed by atoms with van der Waals surface area (Å²) in [7, 11) is 6.35. The molecule has 1 saturated carbocycles. The zero-order valence-corrected chi connectivity index (χ0v) is 17.9. The summed E-state index contributed by atoms with van der Waals surface area (Å²) in [6, 6.07) is 4.48. The SMILES string of the molecule is CNCCOCC(=O)N1CCC2(CC1)CCC(c1cccs1)(N(C)C)CC2. The van der Waals surface area contributed by atoms with Crippen LogP contribution in [0.3, 0.4) is 0 Å². The van der Waals surface area contributed by atoms with Gasteiger partial charge in [-0.1, -0.05) is 6.07 Å². The highest BCUT2D eigenvalue weighted by atomic mass is 32.1. The van der Waals surface area contributed by atoms with Crippen molar-refractivity contribution in [3.05, 3.63) is 22.4 Å². The van der Waals surface area contributed by atoms with Crippen molar-refractivity contribution in [2.75, 3.05) is 54.0 Å². The molecule has 0 radical (unpaired) electrons. The minimum absolute atomic E-state index is 0.151. The molecule has 3 rings (SSSR count). The van der Waals surface area contributed by atoms with E-state index in [9.17, 15) is 4.79 Å². The van der Waals surface area contributed by atoms with Crippen LogP contribution in [0.25, 0.3) is 0 Å². The van der Waals surface area contributed by atoms with Gasteiger partial charge in [-0.25, -0.2) is 0 Å². The Bertz CT molecular complexity index is 585. The monoisotopic (exact) mass is 393 g/mol. The van der Waals surface area contributed by atoms with E-state index in [1.807, 2.05) is 23.3 Å². The molecule has 2 heterocycles. The van der Waals surface area contributed by atoms with Crippen LogP contribution in [0, 0.1) is 5.41 Å². The van der Waals surface area contributed by atoms with Gasteiger partial charge in [-0.05, 0) is 76.5 Å². The summed E-state index contributed by atoms with van der Waals surface area (Å²) in [6.07, 6.45) is 7.27. The summed E-state index contributed by atoms with van der Waals surface area (Å²) < 4.78 is 5.46. The van der Waals surface area contributed by atoms with Crippen molar-refractivity contribution in [3.63, 3.8) is 0 Å². The minimum atomic E-state index is 0.151. The molecule has 1 amide bonds. The molecular weight excluding hydrogens is 358 g/mol. The van der Waals surface area contributed by atoms with Gasteiger partial charge < -0.3 is 15.0 Å². The molecule has 1 aliphatic heterocycles. The van der Waals surface area contributed by atoms with Crippen LogP contribution in [-0.2, 0) is 15.1 Å². The van der Waals surface area contributed by atoms with E-state index in [4.69, 9.17) is 4.74 Å². The third kappa shape index (κ3) is 4.56. The highest BCUT2D eigenvalue weighted by molar-refractivity contribution is 7.10. The van der Waals surface area contributed by atoms with Crippen LogP contribution in [-0.4, -0.2) is 69.7 Å². The number of ether oxygens (including phenoxy) is 1. The van der Waals surface area contributed by atoms with Crippen LogP contribution in [0.5, 0.6) is 0 Å². The average molecular weight is 394 g/mol. The number of nitrogens with zero attached hydrogens (tertiary/aromatic N) is 2. The molecule has 2 aliphatic rings. The maximum atomic E-state index is 12.4. The molecule has 1 aliphatic carbocycles. The van der Waals surface area contributed by atoms with Gasteiger partial charge in [-0.3, -0.25) is 9.69 Å². The molecular formula is C21H35N3O2S. The molecule has 1 aromatic heterocycles. The van der Waals surface area contributed by atoms with Crippen molar-refractivity contribution in [1.29, 1.82) is 0 Å². The van der Waals surface area contributed by atoms with Crippen LogP contribution in [0.2, 0.25) is 0 Å². The Balaban J connectivity index is 1.52. The summed E-state index contributed by atoms with van der Waals surface area (Å²) >= 11 is 1.89. The lowest BCUT2D eigenvalue weighted by atomic mass is 9.62. The van der Waals surface area contributed by atoms with E-state index in [0.29, 0.717) is 12.0 Å². The van der Waals surface area contributed by atoms with Crippen LogP contribution in [0.1, 0.15) is 43.4 Å². The molecule has 5 nitrogen and oxygen atoms in total. The molecule has 6 heteroatoms. The second-order valence-corrected chi connectivity index (χ2v) is 9.39. The van der Waals surface area contributed by atoms with Gasteiger partial charge in [0.2, 0.25) is 5.91 Å². The predicted molar refractivity (Wildman–Crippen MR) is 111 cm³/mol. The fourth-order valence-electron chi connectivity index (χ4n) is 4.81. The summed E-state index contributed by atoms with van der Waals surface area (Å²) in [4.78, 5) is 18.3. The summed E-state index contributed by atoms with van der Waals surface area (Å²) in [5, 5.41) is 5.23. The number of carbonyl (C=O) groups is 1. The Morgan fingerprint density at radius 3 is 2.48 bits per heavy atom. The quantitative estimate of drug-likeness (QED) is 0.724. The molecule has 27 heavy (non-hydrogen) atoms. The van der Waals surface area contributed by atoms with Crippen molar-refractivity contribution >= 4 is 17.2 Å². The van der Waals surface area contributed by atoms with Gasteiger partial charge in [0, 0.05) is 24.5 Å². The molecule has 2 fully saturated rings. The lowest BCUT2D eigenvalue weighted by molar-refractivity contribution is -0.139. The van der Waals surface area contributed by atoms with Gasteiger partial charge in [-0.15, -0.1) is 11.3 Å². The fraction of sp³-hybridized carbons (Fsp3) is 0.762. The minimum Gasteiger partial charge on any atom is -0.370 e. The first kappa shape index (κ1) is 20.8. The topological polar surface area (TPSA) is 44.8 Å². The Kier molecular flexibility index (Phi) is 6.95. The number of rotatable bonds is 7. The van der Waals surface area contributed by atoms with Crippen LogP contribution in [0.4, 0.5) is 0 Å². The van der Waals surface area contributed by atoms with Gasteiger partial charge in [0.25, 0.3) is 0 Å². The number of hydrogen-bond donors (Lipinski definition) is 1. The van der Waals surface area contributed by atoms with E-state index in [0.717, 1.165) is 32.5 Å². The molecule has 1 aromatic rings. The van der Waals surface area contributed by atoms with Crippen molar-refractivity contribution in [3.8, 4) is 0 Å². The number of piperidine rings is 1. The van der Waals surface area contributed by atoms with E-state index in [1.54, 1.807) is 0 Å². The molecule has 0 aromatic carbocycles. The molecule has 0 bridgehead atoms. The molecule has 1 saturated heterocycles. The van der Waals surface area contributed by atoms with E-state index in [1.165, 1.54) is 30.6 Å². The molecule has 1 N–H and O–H groups in total. The first-order valence-corrected chi connectivity index (χ1v) is 11.1. The van der Waals surface area contributed by atoms with Crippen LogP contribution < -0.4 is 5.32 Å². The number of carbonyl (C=O) groups excluding carboxylic acids is 1. The lowest BCUT2D eigenvalue weighted by Crippen LogP contribution is -2.50. The first-order valence-electron chi connectivity index (χ1n) is 10.2. The van der Waals surface area contributed by atoms with E-state index in [-0.39, 0.29) is 18.1 Å². The first-order chi connectivity index (χ1) is 13.0. The molecule has 152 valence electrons. The second-order valence-electron chi connectivity index (χ2n) is 8.44. The van der Waals surface area contributed by atoms with E-state index in [2.05, 4.69) is 41.8 Å². The smallest absolute Gasteiger partial charge is 0.248 e. The van der Waals surface area contributed by atoms with Gasteiger partial charge in [0.1, 0.15) is 6.61 Å². The number of likely N-dealkylation sites (N-methyl/N-ethyl adjacent to an activating group) is 1. The van der Waals surface area contributed by atoms with Gasteiger partial charge in [0.15, 0.2) is 0 Å². The molecule has 1 spiro atoms. The predicted octanol–water partition coefficient (Wildman–Crippen LogP) is 2.92. The average Bonchev–Trinajstić information content (AvgIpc) is 3.21. The Morgan fingerprint density at radius 2 is 1.93 bits per heavy atom. The zero-order chi connectivity index (χ0) is 19.3. The maximum absolute atomic E-state index is 12.4. The Morgan fingerprint density at radius 1 is 1.22 bits per heavy atom. The Labute approximate surface area is 168 Å². The summed E-state index contributed by atoms with van der Waals surface area (Å²) in [5.74, 6) is 0.151. The molecule has 0 atom stereocenters. The lowest BCUT2D eigenvalue weighted by Gasteiger charge is -2.52. The molecule has 0 unspecified atom stereocenters. The normalized spacial score (nSPS) is 21.7. The summed E-state index contributed by atoms with van der Waals surface area (Å²) in [5.41, 5.74) is 0.633. The third-order valence-corrected chi connectivity index (χ3v) is 7.94. The van der Waals surface area contributed by atoms with Crippen LogP contribution >= 0.6 is 11.3 Å². The largest absolute Gasteiger partial charge is 0.370 e. The van der Waals surface area contributed by atoms with Gasteiger partial charge in [-0.2, -0.15) is 0 Å². The van der Waals surface area contributed by atoms with Gasteiger partial charge in [0.05, 0.1) is 12.1 Å². The van der Waals surface area contributed by atoms with Crippen molar-refractivity contribution < 1.29 is 9.53 Å². The fourth-order valence-corrected chi connectivity index (χ4v) is 5.87. The zero-order valence-electron chi connectivity index (χ0n) is 17.1. The highest BCUT2D eigenvalue weighted by Crippen LogP contribution is 2.53.